The molecule has 1 atom stereocenters. The van der Waals surface area contributed by atoms with Crippen molar-refractivity contribution in [3.05, 3.63) is 46.5 Å². The predicted octanol–water partition coefficient (Wildman–Crippen LogP) is 2.56. The second-order valence-electron chi connectivity index (χ2n) is 4.06. The van der Waals surface area contributed by atoms with Crippen LogP contribution in [0.1, 0.15) is 24.4 Å². The number of nitrogens with one attached hydrogen (secondary N) is 1. The molecule has 1 aromatic carbocycles. The molecule has 2 aromatic rings. The molecule has 0 aliphatic carbocycles. The van der Waals surface area contributed by atoms with Gasteiger partial charge in [0, 0.05) is 23.5 Å². The van der Waals surface area contributed by atoms with Crippen molar-refractivity contribution in [3.8, 4) is 0 Å². The Bertz CT molecular complexity index is 509. The fraction of sp³-hybridized carbons (Fsp3) is 0.385. The Balaban J connectivity index is 2.23. The van der Waals surface area contributed by atoms with Crippen LogP contribution in [0.2, 0.25) is 0 Å². The van der Waals surface area contributed by atoms with E-state index in [1.165, 1.54) is 5.56 Å². The van der Waals surface area contributed by atoms with Crippen molar-refractivity contribution in [2.75, 3.05) is 7.05 Å². The molecule has 2 rings (SSSR count). The molecule has 1 N–H and O–H groups in total. The van der Waals surface area contributed by atoms with Gasteiger partial charge >= 0.3 is 0 Å². The third-order valence-corrected chi connectivity index (χ3v) is 3.73. The molecule has 0 saturated heterocycles. The van der Waals surface area contributed by atoms with Crippen LogP contribution in [0.5, 0.6) is 0 Å². The standard InChI is InChI=1S/C13H17BrN4/c1-3-18-13(16-9-17-18)8-12(15-2)10-6-4-5-7-11(10)14/h4-7,9,12,15H,3,8H2,1-2H3. The summed E-state index contributed by atoms with van der Waals surface area (Å²) in [6.45, 7) is 2.92. The summed E-state index contributed by atoms with van der Waals surface area (Å²) in [5.74, 6) is 1.01. The smallest absolute Gasteiger partial charge is 0.138 e. The molecule has 0 radical (unpaired) electrons. The van der Waals surface area contributed by atoms with Crippen molar-refractivity contribution in [3.63, 3.8) is 0 Å². The molecular formula is C13H17BrN4. The molecule has 5 heteroatoms. The number of likely N-dealkylation sites (N-methyl/N-ethyl adjacent to an activating group) is 1. The van der Waals surface area contributed by atoms with E-state index in [-0.39, 0.29) is 6.04 Å². The zero-order chi connectivity index (χ0) is 13.0. The van der Waals surface area contributed by atoms with Gasteiger partial charge in [-0.3, -0.25) is 4.68 Å². The molecule has 4 nitrogen and oxygen atoms in total. The molecule has 0 bridgehead atoms. The number of aromatic nitrogens is 3. The number of hydrogen-bond donors (Lipinski definition) is 1. The number of aryl methyl sites for hydroxylation is 1. The first kappa shape index (κ1) is 13.2. The Morgan fingerprint density at radius 3 is 2.83 bits per heavy atom. The largest absolute Gasteiger partial charge is 0.313 e. The van der Waals surface area contributed by atoms with Gasteiger partial charge < -0.3 is 5.32 Å². The van der Waals surface area contributed by atoms with E-state index in [1.54, 1.807) is 6.33 Å². The minimum atomic E-state index is 0.232. The Morgan fingerprint density at radius 1 is 1.39 bits per heavy atom. The zero-order valence-electron chi connectivity index (χ0n) is 10.6. The topological polar surface area (TPSA) is 42.7 Å². The van der Waals surface area contributed by atoms with Gasteiger partial charge in [0.05, 0.1) is 0 Å². The molecule has 0 fully saturated rings. The van der Waals surface area contributed by atoms with Gasteiger partial charge in [0.2, 0.25) is 0 Å². The SMILES string of the molecule is CCn1ncnc1CC(NC)c1ccccc1Br. The van der Waals surface area contributed by atoms with Crippen molar-refractivity contribution in [2.24, 2.45) is 0 Å². The van der Waals surface area contributed by atoms with Gasteiger partial charge in [0.25, 0.3) is 0 Å². The first-order chi connectivity index (χ1) is 8.76. The van der Waals surface area contributed by atoms with E-state index in [4.69, 9.17) is 0 Å². The molecule has 0 saturated carbocycles. The van der Waals surface area contributed by atoms with E-state index in [0.29, 0.717) is 0 Å². The highest BCUT2D eigenvalue weighted by Crippen LogP contribution is 2.25. The van der Waals surface area contributed by atoms with Gasteiger partial charge in [-0.05, 0) is 25.6 Å². The van der Waals surface area contributed by atoms with E-state index in [1.807, 2.05) is 17.8 Å². The van der Waals surface area contributed by atoms with Gasteiger partial charge in [0.1, 0.15) is 12.2 Å². The fourth-order valence-electron chi connectivity index (χ4n) is 2.02. The first-order valence-electron chi connectivity index (χ1n) is 6.04. The van der Waals surface area contributed by atoms with Gasteiger partial charge in [-0.1, -0.05) is 34.1 Å². The number of benzene rings is 1. The number of hydrogen-bond acceptors (Lipinski definition) is 3. The quantitative estimate of drug-likeness (QED) is 0.923. The van der Waals surface area contributed by atoms with Crippen molar-refractivity contribution in [1.82, 2.24) is 20.1 Å². The number of nitrogens with zero attached hydrogens (tertiary/aromatic N) is 3. The van der Waals surface area contributed by atoms with Crippen LogP contribution < -0.4 is 5.32 Å². The third kappa shape index (κ3) is 2.79. The summed E-state index contributed by atoms with van der Waals surface area (Å²) in [6.07, 6.45) is 2.44. The lowest BCUT2D eigenvalue weighted by molar-refractivity contribution is 0.532. The van der Waals surface area contributed by atoms with Gasteiger partial charge in [-0.15, -0.1) is 0 Å². The van der Waals surface area contributed by atoms with Gasteiger partial charge in [-0.25, -0.2) is 4.98 Å². The molecule has 1 heterocycles. The van der Waals surface area contributed by atoms with Crippen LogP contribution >= 0.6 is 15.9 Å². The lowest BCUT2D eigenvalue weighted by Gasteiger charge is -2.17. The summed E-state index contributed by atoms with van der Waals surface area (Å²) >= 11 is 3.59. The summed E-state index contributed by atoms with van der Waals surface area (Å²) in [7, 11) is 1.97. The highest BCUT2D eigenvalue weighted by Gasteiger charge is 2.15. The van der Waals surface area contributed by atoms with E-state index in [9.17, 15) is 0 Å². The van der Waals surface area contributed by atoms with Crippen LogP contribution in [0.25, 0.3) is 0 Å². The Labute approximate surface area is 116 Å². The predicted molar refractivity (Wildman–Crippen MR) is 75.3 cm³/mol. The van der Waals surface area contributed by atoms with Gasteiger partial charge in [0.15, 0.2) is 0 Å². The van der Waals surface area contributed by atoms with Crippen molar-refractivity contribution in [1.29, 1.82) is 0 Å². The Kier molecular flexibility index (Phi) is 4.49. The minimum Gasteiger partial charge on any atom is -0.313 e. The van der Waals surface area contributed by atoms with E-state index < -0.39 is 0 Å². The lowest BCUT2D eigenvalue weighted by Crippen LogP contribution is -2.21. The maximum Gasteiger partial charge on any atom is 0.138 e. The maximum atomic E-state index is 4.33. The molecule has 1 aromatic heterocycles. The molecule has 96 valence electrons. The minimum absolute atomic E-state index is 0.232. The Morgan fingerprint density at radius 2 is 2.17 bits per heavy atom. The van der Waals surface area contributed by atoms with E-state index in [0.717, 1.165) is 23.3 Å². The van der Waals surface area contributed by atoms with E-state index in [2.05, 4.69) is 56.5 Å². The highest BCUT2D eigenvalue weighted by atomic mass is 79.9. The molecule has 18 heavy (non-hydrogen) atoms. The summed E-state index contributed by atoms with van der Waals surface area (Å²) in [5.41, 5.74) is 1.24. The van der Waals surface area contributed by atoms with E-state index >= 15 is 0 Å². The van der Waals surface area contributed by atoms with Crippen LogP contribution in [0.15, 0.2) is 35.1 Å². The van der Waals surface area contributed by atoms with Crippen LogP contribution in [-0.4, -0.2) is 21.8 Å². The van der Waals surface area contributed by atoms with Crippen LogP contribution in [-0.2, 0) is 13.0 Å². The van der Waals surface area contributed by atoms with Gasteiger partial charge in [-0.2, -0.15) is 5.10 Å². The van der Waals surface area contributed by atoms with Crippen LogP contribution in [0.3, 0.4) is 0 Å². The monoisotopic (exact) mass is 308 g/mol. The summed E-state index contributed by atoms with van der Waals surface area (Å²) < 4.78 is 3.05. The molecule has 1 unspecified atom stereocenters. The number of rotatable bonds is 5. The van der Waals surface area contributed by atoms with Crippen LogP contribution in [0.4, 0.5) is 0 Å². The van der Waals surface area contributed by atoms with Crippen molar-refractivity contribution >= 4 is 15.9 Å². The molecule has 0 spiro atoms. The molecule has 0 aliphatic rings. The maximum absolute atomic E-state index is 4.33. The fourth-order valence-corrected chi connectivity index (χ4v) is 2.58. The molecule has 0 amide bonds. The second kappa shape index (κ2) is 6.11. The van der Waals surface area contributed by atoms with Crippen molar-refractivity contribution < 1.29 is 0 Å². The normalized spacial score (nSPS) is 12.6. The summed E-state index contributed by atoms with van der Waals surface area (Å²) in [5, 5.41) is 7.54. The summed E-state index contributed by atoms with van der Waals surface area (Å²) in [6, 6.07) is 8.49. The van der Waals surface area contributed by atoms with Crippen LogP contribution in [0, 0.1) is 0 Å². The summed E-state index contributed by atoms with van der Waals surface area (Å²) in [4.78, 5) is 4.33. The zero-order valence-corrected chi connectivity index (χ0v) is 12.2. The third-order valence-electron chi connectivity index (χ3n) is 3.01. The molecular weight excluding hydrogens is 292 g/mol. The highest BCUT2D eigenvalue weighted by molar-refractivity contribution is 9.10. The first-order valence-corrected chi connectivity index (χ1v) is 6.84. The average molecular weight is 309 g/mol. The average Bonchev–Trinajstić information content (AvgIpc) is 2.84. The molecule has 0 aliphatic heterocycles. The van der Waals surface area contributed by atoms with Crippen molar-refractivity contribution in [2.45, 2.75) is 25.9 Å². The second-order valence-corrected chi connectivity index (χ2v) is 4.91. The lowest BCUT2D eigenvalue weighted by atomic mass is 10.0. The Hall–Kier alpha value is -1.20. The number of halogens is 1.